The molecule has 136 valence electrons. The van der Waals surface area contributed by atoms with Crippen molar-refractivity contribution in [1.29, 1.82) is 0 Å². The summed E-state index contributed by atoms with van der Waals surface area (Å²) in [4.78, 5) is 0. The van der Waals surface area contributed by atoms with Gasteiger partial charge in [-0.1, -0.05) is 69.9 Å². The maximum absolute atomic E-state index is 2.41. The van der Waals surface area contributed by atoms with Crippen molar-refractivity contribution in [2.24, 2.45) is 7.05 Å². The minimum atomic E-state index is -1.31. The molecule has 0 amide bonds. The number of aromatic nitrogens is 1. The molecule has 2 aromatic carbocycles. The number of hydrogen-bond donors (Lipinski definition) is 0. The van der Waals surface area contributed by atoms with Crippen LogP contribution in [0.4, 0.5) is 0 Å². The molecule has 0 spiro atoms. The van der Waals surface area contributed by atoms with Gasteiger partial charge in [-0.25, -0.2) is 4.57 Å². The van der Waals surface area contributed by atoms with Crippen molar-refractivity contribution >= 4 is 24.0 Å². The van der Waals surface area contributed by atoms with Crippen molar-refractivity contribution in [2.75, 3.05) is 0 Å². The Bertz CT molecular complexity index is 972. The number of pyridine rings is 1. The molecule has 0 unspecified atom stereocenters. The molecule has 1 heterocycles. The van der Waals surface area contributed by atoms with E-state index in [4.69, 9.17) is 0 Å². The van der Waals surface area contributed by atoms with E-state index in [2.05, 4.69) is 108 Å². The zero-order chi connectivity index (χ0) is 19.3. The third-order valence-corrected chi connectivity index (χ3v) is 7.40. The van der Waals surface area contributed by atoms with Crippen LogP contribution in [0.25, 0.3) is 22.0 Å². The predicted octanol–water partition coefficient (Wildman–Crippen LogP) is 5.48. The number of nitrogens with zero attached hydrogens (tertiary/aromatic N) is 1. The van der Waals surface area contributed by atoms with Crippen LogP contribution < -0.4 is 9.75 Å². The van der Waals surface area contributed by atoms with Crippen LogP contribution >= 0.6 is 0 Å². The molecule has 0 fully saturated rings. The van der Waals surface area contributed by atoms with E-state index >= 15 is 0 Å². The highest BCUT2D eigenvalue weighted by atomic mass is 28.3. The SMILES string of the molecule is Cc1ccc(C(C)(C)C)cc1-c1c2ccc([Si](C)(C)C)cc2cc[n+]1C. The molecular weight excluding hydrogens is 330 g/mol. The summed E-state index contributed by atoms with van der Waals surface area (Å²) in [7, 11) is 0.845. The van der Waals surface area contributed by atoms with Crippen LogP contribution in [0, 0.1) is 6.92 Å². The summed E-state index contributed by atoms with van der Waals surface area (Å²) in [6.07, 6.45) is 2.20. The van der Waals surface area contributed by atoms with Gasteiger partial charge in [-0.2, -0.15) is 0 Å². The first-order valence-electron chi connectivity index (χ1n) is 9.53. The van der Waals surface area contributed by atoms with Crippen LogP contribution in [0.5, 0.6) is 0 Å². The van der Waals surface area contributed by atoms with Gasteiger partial charge in [-0.15, -0.1) is 0 Å². The number of rotatable bonds is 2. The van der Waals surface area contributed by atoms with Gasteiger partial charge >= 0.3 is 0 Å². The summed E-state index contributed by atoms with van der Waals surface area (Å²) < 4.78 is 2.27. The third-order valence-electron chi connectivity index (χ3n) is 5.36. The molecule has 1 aromatic heterocycles. The summed E-state index contributed by atoms with van der Waals surface area (Å²) in [5.41, 5.74) is 5.51. The van der Waals surface area contributed by atoms with Crippen LogP contribution in [-0.4, -0.2) is 8.07 Å². The minimum Gasteiger partial charge on any atom is -0.200 e. The Morgan fingerprint density at radius 2 is 1.58 bits per heavy atom. The van der Waals surface area contributed by atoms with Crippen LogP contribution in [0.2, 0.25) is 19.6 Å². The quantitative estimate of drug-likeness (QED) is 0.420. The van der Waals surface area contributed by atoms with Gasteiger partial charge in [-0.05, 0) is 41.0 Å². The molecule has 2 heteroatoms. The minimum absolute atomic E-state index is 0.149. The molecule has 0 N–H and O–H groups in total. The molecule has 1 nitrogen and oxygen atoms in total. The smallest absolute Gasteiger partial charge is 0.200 e. The molecule has 0 saturated carbocycles. The van der Waals surface area contributed by atoms with Crippen molar-refractivity contribution < 1.29 is 4.57 Å². The monoisotopic (exact) mass is 362 g/mol. The van der Waals surface area contributed by atoms with E-state index in [1.54, 1.807) is 0 Å². The number of benzene rings is 2. The summed E-state index contributed by atoms with van der Waals surface area (Å²) in [5.74, 6) is 0. The van der Waals surface area contributed by atoms with Crippen molar-refractivity contribution in [3.8, 4) is 11.3 Å². The number of hydrogen-bond acceptors (Lipinski definition) is 0. The predicted molar refractivity (Wildman–Crippen MR) is 117 cm³/mol. The lowest BCUT2D eigenvalue weighted by molar-refractivity contribution is -0.659. The molecule has 0 aliphatic rings. The van der Waals surface area contributed by atoms with E-state index in [1.807, 2.05) is 0 Å². The lowest BCUT2D eigenvalue weighted by Gasteiger charge is -2.21. The lowest BCUT2D eigenvalue weighted by Crippen LogP contribution is -2.37. The van der Waals surface area contributed by atoms with Crippen LogP contribution in [0.1, 0.15) is 31.9 Å². The van der Waals surface area contributed by atoms with Crippen molar-refractivity contribution in [1.82, 2.24) is 0 Å². The lowest BCUT2D eigenvalue weighted by atomic mass is 9.84. The summed E-state index contributed by atoms with van der Waals surface area (Å²) in [5, 5.41) is 4.20. The third kappa shape index (κ3) is 3.48. The van der Waals surface area contributed by atoms with Gasteiger partial charge < -0.3 is 0 Å². The molecule has 0 aliphatic heterocycles. The summed E-state index contributed by atoms with van der Waals surface area (Å²) in [6, 6.07) is 16.3. The first-order valence-corrected chi connectivity index (χ1v) is 13.0. The Morgan fingerprint density at radius 1 is 0.885 bits per heavy atom. The van der Waals surface area contributed by atoms with Gasteiger partial charge in [0.15, 0.2) is 6.20 Å². The zero-order valence-corrected chi connectivity index (χ0v) is 18.6. The molecule has 0 atom stereocenters. The highest BCUT2D eigenvalue weighted by Crippen LogP contribution is 2.32. The number of aryl methyl sites for hydroxylation is 2. The molecule has 0 aliphatic carbocycles. The highest BCUT2D eigenvalue weighted by Gasteiger charge is 2.22. The number of fused-ring (bicyclic) bond motifs is 1. The Labute approximate surface area is 159 Å². The van der Waals surface area contributed by atoms with E-state index in [-0.39, 0.29) is 5.41 Å². The average molecular weight is 363 g/mol. The Balaban J connectivity index is 2.30. The van der Waals surface area contributed by atoms with Gasteiger partial charge in [0.1, 0.15) is 7.05 Å². The normalized spacial score (nSPS) is 12.6. The van der Waals surface area contributed by atoms with E-state index in [1.165, 1.54) is 38.3 Å². The van der Waals surface area contributed by atoms with Crippen LogP contribution in [-0.2, 0) is 12.5 Å². The van der Waals surface area contributed by atoms with Gasteiger partial charge in [-0.3, -0.25) is 0 Å². The Morgan fingerprint density at radius 3 is 2.19 bits per heavy atom. The van der Waals surface area contributed by atoms with Gasteiger partial charge in [0.2, 0.25) is 5.69 Å². The fourth-order valence-corrected chi connectivity index (χ4v) is 4.69. The molecule has 0 bridgehead atoms. The molecule has 26 heavy (non-hydrogen) atoms. The van der Waals surface area contributed by atoms with Crippen LogP contribution in [0.15, 0.2) is 48.7 Å². The molecule has 3 aromatic rings. The van der Waals surface area contributed by atoms with Gasteiger partial charge in [0, 0.05) is 11.6 Å². The van der Waals surface area contributed by atoms with Crippen molar-refractivity contribution in [3.63, 3.8) is 0 Å². The van der Waals surface area contributed by atoms with E-state index in [0.717, 1.165) is 0 Å². The van der Waals surface area contributed by atoms with E-state index in [0.29, 0.717) is 0 Å². The Hall–Kier alpha value is -1.93. The fourth-order valence-electron chi connectivity index (χ4n) is 3.52. The molecule has 0 saturated heterocycles. The summed E-state index contributed by atoms with van der Waals surface area (Å²) >= 11 is 0. The standard InChI is InChI=1S/C24H32NSi/c1-17-9-10-19(24(2,3)4)16-22(17)23-21-12-11-20(26(6,7)8)15-18(21)13-14-25(23)5/h9-16H,1-8H3/q+1. The first-order chi connectivity index (χ1) is 12.0. The molecule has 0 radical (unpaired) electrons. The second kappa shape index (κ2) is 6.35. The van der Waals surface area contributed by atoms with Crippen molar-refractivity contribution in [3.05, 3.63) is 59.8 Å². The largest absolute Gasteiger partial charge is 0.220 e. The Kier molecular flexibility index (Phi) is 4.60. The summed E-state index contributed by atoms with van der Waals surface area (Å²) in [6.45, 7) is 16.3. The maximum Gasteiger partial charge on any atom is 0.220 e. The van der Waals surface area contributed by atoms with Crippen molar-refractivity contribution in [2.45, 2.75) is 52.8 Å². The average Bonchev–Trinajstić information content (AvgIpc) is 2.53. The van der Waals surface area contributed by atoms with Gasteiger partial charge in [0.05, 0.1) is 13.5 Å². The van der Waals surface area contributed by atoms with Gasteiger partial charge in [0.25, 0.3) is 0 Å². The second-order valence-electron chi connectivity index (χ2n) is 9.61. The topological polar surface area (TPSA) is 3.88 Å². The zero-order valence-electron chi connectivity index (χ0n) is 17.6. The van der Waals surface area contributed by atoms with E-state index < -0.39 is 8.07 Å². The van der Waals surface area contributed by atoms with Crippen LogP contribution in [0.3, 0.4) is 0 Å². The molecular formula is C24H32NSi+. The first kappa shape index (κ1) is 18.8. The molecule has 3 rings (SSSR count). The van der Waals surface area contributed by atoms with E-state index in [9.17, 15) is 0 Å². The highest BCUT2D eigenvalue weighted by molar-refractivity contribution is 6.88. The maximum atomic E-state index is 2.41. The second-order valence-corrected chi connectivity index (χ2v) is 14.7. The fraction of sp³-hybridized carbons (Fsp3) is 0.375.